The Balaban J connectivity index is 2.00. The molecule has 0 spiro atoms. The second-order valence-corrected chi connectivity index (χ2v) is 4.03. The molecule has 2 aromatic rings. The molecule has 0 fully saturated rings. The van der Waals surface area contributed by atoms with Crippen molar-refractivity contribution < 1.29 is 17.7 Å². The minimum atomic E-state index is -5.05. The van der Waals surface area contributed by atoms with Crippen LogP contribution < -0.4 is 10.2 Å². The zero-order valence-electron chi connectivity index (χ0n) is 10.1. The highest BCUT2D eigenvalue weighted by molar-refractivity contribution is 6.74. The van der Waals surface area contributed by atoms with Crippen LogP contribution >= 0.6 is 0 Å². The van der Waals surface area contributed by atoms with Crippen LogP contribution in [0.3, 0.4) is 0 Å². The van der Waals surface area contributed by atoms with E-state index in [1.807, 2.05) is 12.1 Å². The average Bonchev–Trinajstić information content (AvgIpc) is 2.39. The Kier molecular flexibility index (Phi) is 4.09. The van der Waals surface area contributed by atoms with E-state index in [-0.39, 0.29) is 12.4 Å². The van der Waals surface area contributed by atoms with Crippen molar-refractivity contribution in [3.8, 4) is 5.75 Å². The summed E-state index contributed by atoms with van der Waals surface area (Å²) in [5.41, 5.74) is 0.0982. The van der Waals surface area contributed by atoms with Crippen LogP contribution in [0.15, 0.2) is 48.7 Å². The van der Waals surface area contributed by atoms with Gasteiger partial charge in [-0.15, -0.1) is 0 Å². The molecule has 100 valence electrons. The Morgan fingerprint density at radius 2 is 1.74 bits per heavy atom. The van der Waals surface area contributed by atoms with Crippen LogP contribution in [0.5, 0.6) is 5.75 Å². The van der Waals surface area contributed by atoms with Crippen LogP contribution in [-0.4, -0.2) is 18.6 Å². The summed E-state index contributed by atoms with van der Waals surface area (Å²) in [7, 11) is 0. The molecule has 0 aliphatic heterocycles. The van der Waals surface area contributed by atoms with Crippen LogP contribution in [0.1, 0.15) is 5.69 Å². The van der Waals surface area contributed by atoms with Crippen LogP contribution in [0, 0.1) is 0 Å². The number of benzene rings is 1. The van der Waals surface area contributed by atoms with Gasteiger partial charge in [0.2, 0.25) is 0 Å². The molecule has 2 rings (SSSR count). The first kappa shape index (κ1) is 13.5. The quantitative estimate of drug-likeness (QED) is 0.776. The van der Waals surface area contributed by atoms with Crippen molar-refractivity contribution in [3.63, 3.8) is 0 Å². The molecule has 0 N–H and O–H groups in total. The molecule has 0 amide bonds. The van der Waals surface area contributed by atoms with Gasteiger partial charge in [-0.05, 0) is 18.2 Å². The molecule has 1 heterocycles. The van der Waals surface area contributed by atoms with Crippen molar-refractivity contribution in [2.45, 2.75) is 6.42 Å². The number of hydrogen-bond acceptors (Lipinski definition) is 2. The minimum Gasteiger partial charge on any atom is -0.496 e. The Bertz CT molecular complexity index is 531. The number of rotatable bonds is 5. The Hall–Kier alpha value is -1.98. The summed E-state index contributed by atoms with van der Waals surface area (Å²) < 4.78 is 43.5. The molecule has 0 radical (unpaired) electrons. The van der Waals surface area contributed by atoms with Crippen LogP contribution in [-0.2, 0) is 6.42 Å². The number of halogens is 3. The van der Waals surface area contributed by atoms with Gasteiger partial charge in [0.1, 0.15) is 0 Å². The Morgan fingerprint density at radius 3 is 2.42 bits per heavy atom. The van der Waals surface area contributed by atoms with E-state index >= 15 is 0 Å². The number of pyridine rings is 1. The van der Waals surface area contributed by atoms with E-state index in [9.17, 15) is 12.9 Å². The molecule has 0 saturated heterocycles. The maximum absolute atomic E-state index is 12.8. The van der Waals surface area contributed by atoms with E-state index in [1.54, 1.807) is 12.3 Å². The monoisotopic (exact) mass is 266 g/mol. The molecule has 0 atom stereocenters. The predicted octanol–water partition coefficient (Wildman–Crippen LogP) is 2.76. The summed E-state index contributed by atoms with van der Waals surface area (Å²) in [5, 5.41) is 0. The molecule has 0 aliphatic rings. The summed E-state index contributed by atoms with van der Waals surface area (Å²) in [5.74, 6) is -0.120. The third-order valence-corrected chi connectivity index (χ3v) is 2.61. The molecule has 0 unspecified atom stereocenters. The van der Waals surface area contributed by atoms with Crippen molar-refractivity contribution in [1.29, 1.82) is 0 Å². The zero-order valence-corrected chi connectivity index (χ0v) is 10.1. The van der Waals surface area contributed by atoms with Crippen molar-refractivity contribution >= 4 is 12.4 Å². The number of hydrogen-bond donors (Lipinski definition) is 0. The molecule has 0 saturated carbocycles. The van der Waals surface area contributed by atoms with Gasteiger partial charge in [-0.1, -0.05) is 29.7 Å². The SMILES string of the molecule is F[B-](F)(F)c1ccccc1OCCc1ccccn1. The summed E-state index contributed by atoms with van der Waals surface area (Å²) in [6.07, 6.45) is 2.11. The smallest absolute Gasteiger partial charge is 0.496 e. The average molecular weight is 266 g/mol. The summed E-state index contributed by atoms with van der Waals surface area (Å²) >= 11 is 0. The normalized spacial score (nSPS) is 11.3. The van der Waals surface area contributed by atoms with Gasteiger partial charge in [-0.25, -0.2) is 0 Å². The lowest BCUT2D eigenvalue weighted by Gasteiger charge is -2.19. The lowest BCUT2D eigenvalue weighted by atomic mass is 9.79. The Labute approximate surface area is 109 Å². The highest BCUT2D eigenvalue weighted by Crippen LogP contribution is 2.17. The largest absolute Gasteiger partial charge is 0.513 e. The van der Waals surface area contributed by atoms with Gasteiger partial charge in [0.25, 0.3) is 0 Å². The Morgan fingerprint density at radius 1 is 1.00 bits per heavy atom. The highest BCUT2D eigenvalue weighted by atomic mass is 19.4. The van der Waals surface area contributed by atoms with Gasteiger partial charge in [0.05, 0.1) is 12.4 Å². The van der Waals surface area contributed by atoms with Gasteiger partial charge in [-0.2, -0.15) is 0 Å². The first-order valence-electron chi connectivity index (χ1n) is 5.89. The number of aromatic nitrogens is 1. The van der Waals surface area contributed by atoms with Gasteiger partial charge < -0.3 is 17.7 Å². The van der Waals surface area contributed by atoms with E-state index in [1.165, 1.54) is 18.2 Å². The van der Waals surface area contributed by atoms with Crippen molar-refractivity contribution in [1.82, 2.24) is 4.98 Å². The molecule has 2 nitrogen and oxygen atoms in total. The second kappa shape index (κ2) is 5.78. The molecule has 1 aromatic carbocycles. The third kappa shape index (κ3) is 3.74. The van der Waals surface area contributed by atoms with Gasteiger partial charge in [0.15, 0.2) is 0 Å². The fourth-order valence-electron chi connectivity index (χ4n) is 1.69. The first-order chi connectivity index (χ1) is 9.07. The van der Waals surface area contributed by atoms with Gasteiger partial charge in [0, 0.05) is 18.3 Å². The molecule has 0 bridgehead atoms. The molecular weight excluding hydrogens is 254 g/mol. The number of nitrogens with zero attached hydrogens (tertiary/aromatic N) is 1. The van der Waals surface area contributed by atoms with E-state index < -0.39 is 12.4 Å². The maximum atomic E-state index is 12.8. The molecular formula is C13H12BF3NO-. The van der Waals surface area contributed by atoms with Crippen LogP contribution in [0.4, 0.5) is 12.9 Å². The summed E-state index contributed by atoms with van der Waals surface area (Å²) in [6, 6.07) is 10.7. The lowest BCUT2D eigenvalue weighted by molar-refractivity contribution is 0.321. The fourth-order valence-corrected chi connectivity index (χ4v) is 1.69. The van der Waals surface area contributed by atoms with Crippen LogP contribution in [0.2, 0.25) is 0 Å². The number of para-hydroxylation sites is 1. The van der Waals surface area contributed by atoms with Gasteiger partial charge >= 0.3 is 6.98 Å². The maximum Gasteiger partial charge on any atom is 0.513 e. The van der Waals surface area contributed by atoms with Gasteiger partial charge in [-0.3, -0.25) is 4.98 Å². The molecule has 6 heteroatoms. The highest BCUT2D eigenvalue weighted by Gasteiger charge is 2.28. The van der Waals surface area contributed by atoms with Crippen molar-refractivity contribution in [3.05, 3.63) is 54.4 Å². The van der Waals surface area contributed by atoms with E-state index in [4.69, 9.17) is 4.74 Å². The number of ether oxygens (including phenoxy) is 1. The predicted molar refractivity (Wildman–Crippen MR) is 68.6 cm³/mol. The first-order valence-corrected chi connectivity index (χ1v) is 5.89. The van der Waals surface area contributed by atoms with Crippen LogP contribution in [0.25, 0.3) is 0 Å². The third-order valence-electron chi connectivity index (χ3n) is 2.61. The second-order valence-electron chi connectivity index (χ2n) is 4.03. The lowest BCUT2D eigenvalue weighted by Crippen LogP contribution is -2.35. The minimum absolute atomic E-state index is 0.120. The standard InChI is InChI=1S/C13H12BF3NO/c15-14(16,17)12-6-1-2-7-13(12)19-10-8-11-5-3-4-9-18-11/h1-7,9H,8,10H2/q-1. The molecule has 0 aliphatic carbocycles. The zero-order chi connectivity index (χ0) is 13.7. The van der Waals surface area contributed by atoms with E-state index in [0.717, 1.165) is 11.8 Å². The van der Waals surface area contributed by atoms with E-state index in [2.05, 4.69) is 4.98 Å². The summed E-state index contributed by atoms with van der Waals surface area (Å²) in [6.45, 7) is -4.89. The molecule has 19 heavy (non-hydrogen) atoms. The van der Waals surface area contributed by atoms with Crippen molar-refractivity contribution in [2.75, 3.05) is 6.61 Å². The fraction of sp³-hybridized carbons (Fsp3) is 0.154. The molecule has 1 aromatic heterocycles. The summed E-state index contributed by atoms with van der Waals surface area (Å²) in [4.78, 5) is 4.08. The topological polar surface area (TPSA) is 22.1 Å². The van der Waals surface area contributed by atoms with Crippen molar-refractivity contribution in [2.24, 2.45) is 0 Å². The van der Waals surface area contributed by atoms with E-state index in [0.29, 0.717) is 6.42 Å².